The summed E-state index contributed by atoms with van der Waals surface area (Å²) in [4.78, 5) is 20.0. The van der Waals surface area contributed by atoms with Gasteiger partial charge in [0.2, 0.25) is 5.78 Å². The normalized spacial score (nSPS) is 20.3. The van der Waals surface area contributed by atoms with E-state index in [-0.39, 0.29) is 16.6 Å². The predicted octanol–water partition coefficient (Wildman–Crippen LogP) is 4.26. The summed E-state index contributed by atoms with van der Waals surface area (Å²) in [6, 6.07) is 9.76. The molecule has 6 nitrogen and oxygen atoms in total. The first-order valence-electron chi connectivity index (χ1n) is 10.2. The number of aromatic nitrogens is 2. The highest BCUT2D eigenvalue weighted by Crippen LogP contribution is 2.38. The van der Waals surface area contributed by atoms with Crippen molar-refractivity contribution in [1.29, 1.82) is 0 Å². The van der Waals surface area contributed by atoms with Gasteiger partial charge < -0.3 is 15.9 Å². The van der Waals surface area contributed by atoms with E-state index in [1.54, 1.807) is 24.3 Å². The minimum atomic E-state index is -1.21. The summed E-state index contributed by atoms with van der Waals surface area (Å²) >= 11 is 11.5. The van der Waals surface area contributed by atoms with Gasteiger partial charge in [-0.15, -0.1) is 0 Å². The van der Waals surface area contributed by atoms with Crippen molar-refractivity contribution in [3.8, 4) is 0 Å². The number of nitrogens with two attached hydrogens (primary N) is 1. The Labute approximate surface area is 186 Å². The van der Waals surface area contributed by atoms with Gasteiger partial charge in [-0.3, -0.25) is 4.79 Å². The second kappa shape index (κ2) is 9.71. The zero-order chi connectivity index (χ0) is 21.8. The van der Waals surface area contributed by atoms with E-state index >= 15 is 0 Å². The molecule has 2 aliphatic carbocycles. The maximum absolute atomic E-state index is 11.9. The summed E-state index contributed by atoms with van der Waals surface area (Å²) in [5.41, 5.74) is 4.96. The van der Waals surface area contributed by atoms with Gasteiger partial charge in [-0.2, -0.15) is 0 Å². The predicted molar refractivity (Wildman–Crippen MR) is 117 cm³/mol. The number of carbonyl (C=O) groups excluding carboxylic acids is 1. The van der Waals surface area contributed by atoms with Gasteiger partial charge in [0.15, 0.2) is 0 Å². The van der Waals surface area contributed by atoms with Gasteiger partial charge in [0, 0.05) is 0 Å². The number of ketones is 1. The van der Waals surface area contributed by atoms with Crippen LogP contribution >= 0.6 is 23.2 Å². The molecular formula is C22H27Cl2N3O3. The van der Waals surface area contributed by atoms with Crippen LogP contribution in [0.15, 0.2) is 36.4 Å². The second-order valence-electron chi connectivity index (χ2n) is 8.09. The zero-order valence-corrected chi connectivity index (χ0v) is 18.2. The molecule has 0 saturated heterocycles. The molecule has 30 heavy (non-hydrogen) atoms. The number of halogens is 2. The topological polar surface area (TPSA) is 109 Å². The Morgan fingerprint density at radius 3 is 2.00 bits per heavy atom. The van der Waals surface area contributed by atoms with Crippen molar-refractivity contribution in [2.45, 2.75) is 68.6 Å². The highest BCUT2D eigenvalue weighted by molar-refractivity contribution is 6.29. The summed E-state index contributed by atoms with van der Waals surface area (Å²) in [5.74, 6) is -0.303. The molecule has 4 rings (SSSR count). The van der Waals surface area contributed by atoms with Gasteiger partial charge in [-0.25, -0.2) is 9.97 Å². The van der Waals surface area contributed by atoms with Crippen molar-refractivity contribution in [2.24, 2.45) is 5.73 Å². The molecule has 2 aromatic rings. The third-order valence-electron chi connectivity index (χ3n) is 5.90. The fourth-order valence-corrected chi connectivity index (χ4v) is 4.46. The number of carbonyl (C=O) groups is 1. The fraction of sp³-hybridized carbons (Fsp3) is 0.500. The van der Waals surface area contributed by atoms with Crippen molar-refractivity contribution >= 4 is 29.0 Å². The van der Waals surface area contributed by atoms with Crippen molar-refractivity contribution in [3.05, 3.63) is 58.1 Å². The molecule has 2 fully saturated rings. The summed E-state index contributed by atoms with van der Waals surface area (Å²) < 4.78 is 0. The minimum absolute atomic E-state index is 0.256. The molecule has 4 N–H and O–H groups in total. The number of aliphatic hydroxyl groups is 2. The van der Waals surface area contributed by atoms with Crippen LogP contribution in [0.1, 0.15) is 73.6 Å². The van der Waals surface area contributed by atoms with E-state index in [9.17, 15) is 15.0 Å². The average molecular weight is 452 g/mol. The summed E-state index contributed by atoms with van der Waals surface area (Å²) in [5, 5.41) is 21.1. The molecule has 2 aromatic heterocycles. The third kappa shape index (κ3) is 5.37. The number of nitrogens with zero attached hydrogens (tertiary/aromatic N) is 2. The molecule has 162 valence electrons. The number of Topliss-reactive ketones (excluding diaryl/α,β-unsaturated/α-hetero) is 1. The molecule has 2 heterocycles. The molecule has 8 heteroatoms. The molecule has 0 spiro atoms. The Morgan fingerprint density at radius 1 is 0.900 bits per heavy atom. The molecule has 1 unspecified atom stereocenters. The molecule has 1 atom stereocenters. The largest absolute Gasteiger partial charge is 0.388 e. The van der Waals surface area contributed by atoms with Crippen molar-refractivity contribution in [3.63, 3.8) is 0 Å². The van der Waals surface area contributed by atoms with Crippen LogP contribution in [-0.2, 0) is 0 Å². The van der Waals surface area contributed by atoms with Gasteiger partial charge in [0.1, 0.15) is 21.6 Å². The van der Waals surface area contributed by atoms with Crippen molar-refractivity contribution < 1.29 is 15.0 Å². The van der Waals surface area contributed by atoms with E-state index < -0.39 is 17.2 Å². The summed E-state index contributed by atoms with van der Waals surface area (Å²) in [6.45, 7) is 0. The van der Waals surface area contributed by atoms with Crippen LogP contribution < -0.4 is 5.73 Å². The molecular weight excluding hydrogens is 425 g/mol. The number of hydrogen-bond acceptors (Lipinski definition) is 6. The van der Waals surface area contributed by atoms with E-state index in [1.807, 2.05) is 12.1 Å². The fourth-order valence-electron chi connectivity index (χ4n) is 4.13. The molecule has 0 radical (unpaired) electrons. The van der Waals surface area contributed by atoms with E-state index in [1.165, 1.54) is 0 Å². The third-order valence-corrected chi connectivity index (χ3v) is 6.33. The first-order valence-corrected chi connectivity index (χ1v) is 11.0. The maximum Gasteiger partial charge on any atom is 0.212 e. The highest BCUT2D eigenvalue weighted by atomic mass is 35.5. The molecule has 2 saturated carbocycles. The van der Waals surface area contributed by atoms with Crippen LogP contribution in [0.4, 0.5) is 0 Å². The van der Waals surface area contributed by atoms with Crippen molar-refractivity contribution in [1.82, 2.24) is 9.97 Å². The van der Waals surface area contributed by atoms with Crippen LogP contribution in [0.3, 0.4) is 0 Å². The Hall–Kier alpha value is -1.57. The Bertz CT molecular complexity index is 881. The highest BCUT2D eigenvalue weighted by Gasteiger charge is 2.40. The van der Waals surface area contributed by atoms with Gasteiger partial charge in [-0.1, -0.05) is 48.2 Å². The monoisotopic (exact) mass is 451 g/mol. The van der Waals surface area contributed by atoms with E-state index in [0.29, 0.717) is 23.7 Å². The van der Waals surface area contributed by atoms with Gasteiger partial charge in [0.05, 0.1) is 17.3 Å². The lowest BCUT2D eigenvalue weighted by molar-refractivity contribution is 0.0191. The molecule has 0 aliphatic heterocycles. The van der Waals surface area contributed by atoms with Gasteiger partial charge in [-0.05, 0) is 62.8 Å². The lowest BCUT2D eigenvalue weighted by atomic mass is 9.90. The Kier molecular flexibility index (Phi) is 7.47. The SMILES string of the molecule is NC(c1cccc(Cl)n1)C1(O)CCCC1.O=C(c1cccc(Cl)n1)C1(O)CCCC1. The second-order valence-corrected chi connectivity index (χ2v) is 8.86. The molecule has 2 aliphatic rings. The van der Waals surface area contributed by atoms with Crippen LogP contribution in [0.2, 0.25) is 10.3 Å². The van der Waals surface area contributed by atoms with Crippen LogP contribution in [0, 0.1) is 0 Å². The maximum atomic E-state index is 11.9. The lowest BCUT2D eigenvalue weighted by Gasteiger charge is -2.29. The van der Waals surface area contributed by atoms with Gasteiger partial charge >= 0.3 is 0 Å². The first-order chi connectivity index (χ1) is 14.2. The zero-order valence-electron chi connectivity index (χ0n) is 16.7. The number of rotatable bonds is 4. The lowest BCUT2D eigenvalue weighted by Crippen LogP contribution is -2.39. The number of hydrogen-bond donors (Lipinski definition) is 3. The molecule has 0 amide bonds. The van der Waals surface area contributed by atoms with E-state index in [0.717, 1.165) is 38.5 Å². The van der Waals surface area contributed by atoms with Crippen LogP contribution in [0.5, 0.6) is 0 Å². The first kappa shape index (κ1) is 23.1. The molecule has 0 aromatic carbocycles. The molecule has 0 bridgehead atoms. The number of pyridine rings is 2. The standard InChI is InChI=1S/C11H15ClN2O.C11H12ClNO2/c12-9-5-3-4-8(14-9)10(13)11(15)6-1-2-7-11;12-9-5-3-4-8(13-9)10(14)11(15)6-1-2-7-11/h3-5,10,15H,1-2,6-7,13H2;3-5,15H,1-2,6-7H2. The Balaban J connectivity index is 0.000000171. The van der Waals surface area contributed by atoms with Gasteiger partial charge in [0.25, 0.3) is 0 Å². The minimum Gasteiger partial charge on any atom is -0.388 e. The quantitative estimate of drug-likeness (QED) is 0.472. The van der Waals surface area contributed by atoms with E-state index in [2.05, 4.69) is 9.97 Å². The summed E-state index contributed by atoms with van der Waals surface area (Å²) in [7, 11) is 0. The average Bonchev–Trinajstić information content (AvgIpc) is 3.37. The van der Waals surface area contributed by atoms with E-state index in [4.69, 9.17) is 28.9 Å². The van der Waals surface area contributed by atoms with Crippen LogP contribution in [0.25, 0.3) is 0 Å². The summed E-state index contributed by atoms with van der Waals surface area (Å²) in [6.07, 6.45) is 6.41. The van der Waals surface area contributed by atoms with Crippen LogP contribution in [-0.4, -0.2) is 37.2 Å². The smallest absolute Gasteiger partial charge is 0.212 e. The Morgan fingerprint density at radius 2 is 1.43 bits per heavy atom. The van der Waals surface area contributed by atoms with Crippen molar-refractivity contribution in [2.75, 3.05) is 0 Å².